The predicted molar refractivity (Wildman–Crippen MR) is 132 cm³/mol. The maximum Gasteiger partial charge on any atom is 0.268 e. The van der Waals surface area contributed by atoms with Gasteiger partial charge in [-0.1, -0.05) is 0 Å². The highest BCUT2D eigenvalue weighted by atomic mass is 16.4. The minimum atomic E-state index is -0.707. The van der Waals surface area contributed by atoms with Crippen molar-refractivity contribution >= 4 is 5.69 Å². The minimum Gasteiger partial charge on any atom is -0.415 e. The van der Waals surface area contributed by atoms with Crippen molar-refractivity contribution in [2.45, 2.75) is 25.3 Å². The zero-order chi connectivity index (χ0) is 24.6. The summed E-state index contributed by atoms with van der Waals surface area (Å²) in [7, 11) is 4.23. The molecule has 1 aliphatic rings. The van der Waals surface area contributed by atoms with Crippen molar-refractivity contribution in [3.05, 3.63) is 60.7 Å². The molecular formula is C26H26N8O. The standard InChI is InChI=1S/C26H26N8O/c1-26(2,16-27)23-11-18(9-10-29-23)21-12-28-13-22(30-21)25-32-31-24(35-25)17-5-7-19(8-6-17)34-14-20(15-34)33(3)4/h5-13,20H,14-15H2,1-4H3. The zero-order valence-corrected chi connectivity index (χ0v) is 20.2. The van der Waals surface area contributed by atoms with E-state index in [-0.39, 0.29) is 0 Å². The van der Waals surface area contributed by atoms with Crippen LogP contribution in [0.4, 0.5) is 5.69 Å². The lowest BCUT2D eigenvalue weighted by Crippen LogP contribution is -2.57. The lowest BCUT2D eigenvalue weighted by Gasteiger charge is -2.44. The van der Waals surface area contributed by atoms with Crippen LogP contribution in [0, 0.1) is 11.3 Å². The molecule has 0 saturated carbocycles. The number of aromatic nitrogens is 5. The molecule has 9 heteroatoms. The second kappa shape index (κ2) is 8.89. The maximum absolute atomic E-state index is 9.44. The monoisotopic (exact) mass is 466 g/mol. The normalized spacial score (nSPS) is 14.1. The Hall–Kier alpha value is -4.16. The van der Waals surface area contributed by atoms with Crippen LogP contribution in [0.1, 0.15) is 19.5 Å². The highest BCUT2D eigenvalue weighted by Gasteiger charge is 2.28. The summed E-state index contributed by atoms with van der Waals surface area (Å²) in [6, 6.07) is 14.7. The molecule has 5 rings (SSSR count). The Kier molecular flexibility index (Phi) is 5.75. The number of hydrogen-bond donors (Lipinski definition) is 0. The quantitative estimate of drug-likeness (QED) is 0.419. The fraction of sp³-hybridized carbons (Fsp3) is 0.308. The molecule has 176 valence electrons. The minimum absolute atomic E-state index is 0.293. The largest absolute Gasteiger partial charge is 0.415 e. The van der Waals surface area contributed by atoms with Crippen LogP contribution in [-0.4, -0.2) is 63.3 Å². The summed E-state index contributed by atoms with van der Waals surface area (Å²) < 4.78 is 5.93. The Labute approximate surface area is 204 Å². The molecule has 0 amide bonds. The van der Waals surface area contributed by atoms with Gasteiger partial charge in [0.2, 0.25) is 5.89 Å². The first-order valence-electron chi connectivity index (χ1n) is 11.4. The van der Waals surface area contributed by atoms with Crippen LogP contribution in [0.5, 0.6) is 0 Å². The van der Waals surface area contributed by atoms with Gasteiger partial charge in [0, 0.05) is 42.1 Å². The Morgan fingerprint density at radius 2 is 1.71 bits per heavy atom. The molecule has 1 aromatic carbocycles. The SMILES string of the molecule is CN(C)C1CN(c2ccc(-c3nnc(-c4cncc(-c5ccnc(C(C)(C)C#N)c5)n4)o3)cc2)C1. The van der Waals surface area contributed by atoms with E-state index in [1.165, 1.54) is 5.69 Å². The summed E-state index contributed by atoms with van der Waals surface area (Å²) in [5, 5.41) is 17.8. The average Bonchev–Trinajstić information content (AvgIpc) is 3.34. The highest BCUT2D eigenvalue weighted by Crippen LogP contribution is 2.29. The van der Waals surface area contributed by atoms with Crippen molar-refractivity contribution in [2.24, 2.45) is 0 Å². The third-order valence-corrected chi connectivity index (χ3v) is 6.33. The Balaban J connectivity index is 1.35. The summed E-state index contributed by atoms with van der Waals surface area (Å²) in [4.78, 5) is 17.9. The van der Waals surface area contributed by atoms with E-state index in [0.29, 0.717) is 34.9 Å². The van der Waals surface area contributed by atoms with Gasteiger partial charge >= 0.3 is 0 Å². The van der Waals surface area contributed by atoms with Gasteiger partial charge in [0.15, 0.2) is 0 Å². The predicted octanol–water partition coefficient (Wildman–Crippen LogP) is 3.81. The van der Waals surface area contributed by atoms with Gasteiger partial charge in [-0.25, -0.2) is 4.98 Å². The van der Waals surface area contributed by atoms with E-state index >= 15 is 0 Å². The summed E-state index contributed by atoms with van der Waals surface area (Å²) in [6.07, 6.45) is 4.93. The molecule has 1 saturated heterocycles. The molecule has 0 unspecified atom stereocenters. The Bertz CT molecular complexity index is 1380. The number of anilines is 1. The molecule has 0 spiro atoms. The third kappa shape index (κ3) is 4.48. The van der Waals surface area contributed by atoms with E-state index in [0.717, 1.165) is 24.2 Å². The zero-order valence-electron chi connectivity index (χ0n) is 20.2. The Morgan fingerprint density at radius 3 is 2.43 bits per heavy atom. The molecule has 4 aromatic rings. The number of hydrogen-bond acceptors (Lipinski definition) is 9. The number of benzene rings is 1. The molecule has 1 aliphatic heterocycles. The smallest absolute Gasteiger partial charge is 0.268 e. The molecule has 0 atom stereocenters. The van der Waals surface area contributed by atoms with Crippen LogP contribution in [-0.2, 0) is 5.41 Å². The van der Waals surface area contributed by atoms with Crippen molar-refractivity contribution in [3.63, 3.8) is 0 Å². The summed E-state index contributed by atoms with van der Waals surface area (Å²) in [5.41, 5.74) is 3.91. The van der Waals surface area contributed by atoms with Crippen LogP contribution in [0.25, 0.3) is 34.3 Å². The molecule has 0 radical (unpaired) electrons. The number of nitriles is 1. The molecular weight excluding hydrogens is 440 g/mol. The van der Waals surface area contributed by atoms with Gasteiger partial charge in [-0.05, 0) is 64.3 Å². The van der Waals surface area contributed by atoms with E-state index in [1.807, 2.05) is 38.1 Å². The van der Waals surface area contributed by atoms with E-state index in [4.69, 9.17) is 4.42 Å². The van der Waals surface area contributed by atoms with Crippen molar-refractivity contribution in [3.8, 4) is 40.4 Å². The second-order valence-corrected chi connectivity index (χ2v) is 9.44. The van der Waals surface area contributed by atoms with Crippen LogP contribution in [0.3, 0.4) is 0 Å². The van der Waals surface area contributed by atoms with E-state index in [9.17, 15) is 5.26 Å². The molecule has 1 fully saturated rings. The maximum atomic E-state index is 9.44. The first kappa shape index (κ1) is 22.6. The number of rotatable bonds is 6. The van der Waals surface area contributed by atoms with Gasteiger partial charge in [-0.2, -0.15) is 5.26 Å². The lowest BCUT2D eigenvalue weighted by molar-refractivity contribution is 0.247. The van der Waals surface area contributed by atoms with Gasteiger partial charge in [-0.15, -0.1) is 10.2 Å². The van der Waals surface area contributed by atoms with Gasteiger partial charge in [-0.3, -0.25) is 9.97 Å². The van der Waals surface area contributed by atoms with Crippen LogP contribution in [0.2, 0.25) is 0 Å². The van der Waals surface area contributed by atoms with E-state index in [1.54, 1.807) is 18.6 Å². The molecule has 3 aromatic heterocycles. The fourth-order valence-electron chi connectivity index (χ4n) is 3.85. The van der Waals surface area contributed by atoms with Crippen molar-refractivity contribution in [1.29, 1.82) is 5.26 Å². The average molecular weight is 467 g/mol. The van der Waals surface area contributed by atoms with Crippen LogP contribution >= 0.6 is 0 Å². The summed E-state index contributed by atoms with van der Waals surface area (Å²) >= 11 is 0. The first-order valence-corrected chi connectivity index (χ1v) is 11.4. The van der Waals surface area contributed by atoms with Crippen molar-refractivity contribution < 1.29 is 4.42 Å². The number of pyridine rings is 1. The summed E-state index contributed by atoms with van der Waals surface area (Å²) in [5.74, 6) is 0.720. The molecule has 0 bridgehead atoms. The Morgan fingerprint density at radius 1 is 1.00 bits per heavy atom. The molecule has 0 aliphatic carbocycles. The molecule has 0 N–H and O–H groups in total. The first-order chi connectivity index (χ1) is 16.8. The van der Waals surface area contributed by atoms with Crippen LogP contribution < -0.4 is 4.90 Å². The highest BCUT2D eigenvalue weighted by molar-refractivity contribution is 5.63. The van der Waals surface area contributed by atoms with Crippen LogP contribution in [0.15, 0.2) is 59.4 Å². The number of likely N-dealkylation sites (N-methyl/N-ethyl adjacent to an activating group) is 1. The molecule has 4 heterocycles. The molecule has 9 nitrogen and oxygen atoms in total. The van der Waals surface area contributed by atoms with Gasteiger partial charge in [0.05, 0.1) is 35.3 Å². The van der Waals surface area contributed by atoms with Gasteiger partial charge in [0.1, 0.15) is 5.69 Å². The van der Waals surface area contributed by atoms with Gasteiger partial charge in [0.25, 0.3) is 5.89 Å². The van der Waals surface area contributed by atoms with Gasteiger partial charge < -0.3 is 14.2 Å². The lowest BCUT2D eigenvalue weighted by atomic mass is 9.90. The summed E-state index contributed by atoms with van der Waals surface area (Å²) in [6.45, 7) is 5.72. The number of nitrogens with zero attached hydrogens (tertiary/aromatic N) is 8. The topological polar surface area (TPSA) is 108 Å². The van der Waals surface area contributed by atoms with Crippen molar-refractivity contribution in [1.82, 2.24) is 30.0 Å². The van der Waals surface area contributed by atoms with Crippen molar-refractivity contribution in [2.75, 3.05) is 32.1 Å². The van der Waals surface area contributed by atoms with E-state index in [2.05, 4.69) is 67.2 Å². The third-order valence-electron chi connectivity index (χ3n) is 6.33. The fourth-order valence-corrected chi connectivity index (χ4v) is 3.85. The van der Waals surface area contributed by atoms with E-state index < -0.39 is 5.41 Å². The molecule has 35 heavy (non-hydrogen) atoms. The second-order valence-electron chi connectivity index (χ2n) is 9.44.